The van der Waals surface area contributed by atoms with Crippen LogP contribution in [0.15, 0.2) is 36.5 Å². The molecule has 5 heteroatoms. The highest BCUT2D eigenvalue weighted by atomic mass is 16.3. The quantitative estimate of drug-likeness (QED) is 0.762. The minimum Gasteiger partial charge on any atom is -0.387 e. The first-order valence-electron chi connectivity index (χ1n) is 8.53. The molecule has 2 N–H and O–H groups in total. The molecule has 1 aliphatic rings. The molecule has 1 atom stereocenters. The SMILES string of the molecule is C.Cc1cnc2c(c1)c1c(n2CC(O)c2ccc(C#N)cc2)CCNC1. The first kappa shape index (κ1) is 18.1. The molecule has 5 nitrogen and oxygen atoms in total. The van der Waals surface area contributed by atoms with Gasteiger partial charge in [0.1, 0.15) is 5.65 Å². The van der Waals surface area contributed by atoms with Gasteiger partial charge in [0, 0.05) is 36.8 Å². The first-order valence-corrected chi connectivity index (χ1v) is 8.53. The second-order valence-corrected chi connectivity index (χ2v) is 6.60. The van der Waals surface area contributed by atoms with Gasteiger partial charge in [0.2, 0.25) is 0 Å². The molecule has 0 saturated heterocycles. The van der Waals surface area contributed by atoms with E-state index in [-0.39, 0.29) is 7.43 Å². The lowest BCUT2D eigenvalue weighted by Gasteiger charge is -2.19. The van der Waals surface area contributed by atoms with E-state index in [1.807, 2.05) is 18.3 Å². The van der Waals surface area contributed by atoms with Gasteiger partial charge in [0.25, 0.3) is 0 Å². The average Bonchev–Trinajstić information content (AvgIpc) is 2.95. The van der Waals surface area contributed by atoms with Crippen molar-refractivity contribution in [2.75, 3.05) is 6.54 Å². The summed E-state index contributed by atoms with van der Waals surface area (Å²) in [6, 6.07) is 11.4. The second-order valence-electron chi connectivity index (χ2n) is 6.60. The first-order chi connectivity index (χ1) is 12.2. The van der Waals surface area contributed by atoms with Gasteiger partial charge >= 0.3 is 0 Å². The number of hydrogen-bond donors (Lipinski definition) is 2. The zero-order valence-corrected chi connectivity index (χ0v) is 14.2. The highest BCUT2D eigenvalue weighted by Gasteiger charge is 2.22. The average molecular weight is 348 g/mol. The monoisotopic (exact) mass is 348 g/mol. The van der Waals surface area contributed by atoms with Gasteiger partial charge in [-0.1, -0.05) is 19.6 Å². The van der Waals surface area contributed by atoms with Gasteiger partial charge in [-0.3, -0.25) is 0 Å². The third-order valence-corrected chi connectivity index (χ3v) is 4.88. The van der Waals surface area contributed by atoms with Gasteiger partial charge in [-0.25, -0.2) is 4.98 Å². The van der Waals surface area contributed by atoms with E-state index in [0.717, 1.165) is 36.3 Å². The number of benzene rings is 1. The third-order valence-electron chi connectivity index (χ3n) is 4.88. The second kappa shape index (κ2) is 7.28. The van der Waals surface area contributed by atoms with Crippen LogP contribution in [0.5, 0.6) is 0 Å². The van der Waals surface area contributed by atoms with Gasteiger partial charge in [-0.15, -0.1) is 0 Å². The molecule has 1 unspecified atom stereocenters. The van der Waals surface area contributed by atoms with Crippen LogP contribution in [0.2, 0.25) is 0 Å². The molecular weight excluding hydrogens is 324 g/mol. The summed E-state index contributed by atoms with van der Waals surface area (Å²) in [4.78, 5) is 4.64. The van der Waals surface area contributed by atoms with E-state index in [0.29, 0.717) is 12.1 Å². The third kappa shape index (κ3) is 3.10. The molecule has 26 heavy (non-hydrogen) atoms. The van der Waals surface area contributed by atoms with E-state index in [9.17, 15) is 5.11 Å². The van der Waals surface area contributed by atoms with Crippen LogP contribution in [-0.4, -0.2) is 21.2 Å². The standard InChI is InChI=1S/C20H20N4O.CH4/c1-13-8-16-17-11-22-7-6-18(17)24(20(16)23-10-13)12-19(25)15-4-2-14(9-21)3-5-15;/h2-5,8,10,19,22,25H,6-7,11-12H2,1H3;1H4. The number of aryl methyl sites for hydroxylation is 1. The predicted octanol–water partition coefficient (Wildman–Crippen LogP) is 3.23. The van der Waals surface area contributed by atoms with Crippen LogP contribution in [-0.2, 0) is 19.5 Å². The minimum atomic E-state index is -0.634. The number of aliphatic hydroxyl groups is 1. The highest BCUT2D eigenvalue weighted by Crippen LogP contribution is 2.30. The summed E-state index contributed by atoms with van der Waals surface area (Å²) in [6.07, 6.45) is 2.18. The maximum absolute atomic E-state index is 10.7. The Labute approximate surface area is 153 Å². The zero-order chi connectivity index (χ0) is 17.4. The molecular formula is C21H24N4O. The van der Waals surface area contributed by atoms with E-state index < -0.39 is 6.10 Å². The van der Waals surface area contributed by atoms with Crippen molar-refractivity contribution in [3.05, 3.63) is 64.5 Å². The van der Waals surface area contributed by atoms with Crippen LogP contribution in [0, 0.1) is 18.3 Å². The Bertz CT molecular complexity index is 966. The number of nitriles is 1. The molecule has 0 aliphatic carbocycles. The van der Waals surface area contributed by atoms with E-state index in [2.05, 4.69) is 33.9 Å². The molecule has 0 spiro atoms. The van der Waals surface area contributed by atoms with Crippen LogP contribution in [0.3, 0.4) is 0 Å². The highest BCUT2D eigenvalue weighted by molar-refractivity contribution is 5.83. The van der Waals surface area contributed by atoms with Crippen molar-refractivity contribution in [1.82, 2.24) is 14.9 Å². The van der Waals surface area contributed by atoms with Crippen molar-refractivity contribution in [1.29, 1.82) is 5.26 Å². The van der Waals surface area contributed by atoms with E-state index in [4.69, 9.17) is 5.26 Å². The molecule has 0 saturated carbocycles. The van der Waals surface area contributed by atoms with Gasteiger partial charge < -0.3 is 15.0 Å². The van der Waals surface area contributed by atoms with Crippen LogP contribution < -0.4 is 5.32 Å². The Morgan fingerprint density at radius 3 is 2.85 bits per heavy atom. The fraction of sp³-hybridized carbons (Fsp3) is 0.333. The van der Waals surface area contributed by atoms with Gasteiger partial charge in [0.05, 0.1) is 24.3 Å². The fourth-order valence-electron chi connectivity index (χ4n) is 3.60. The molecule has 1 aromatic carbocycles. The molecule has 0 amide bonds. The summed E-state index contributed by atoms with van der Waals surface area (Å²) in [5.74, 6) is 0. The minimum absolute atomic E-state index is 0. The number of rotatable bonds is 3. The normalized spacial score (nSPS) is 14.3. The maximum atomic E-state index is 10.7. The molecule has 0 radical (unpaired) electrons. The van der Waals surface area contributed by atoms with E-state index in [1.165, 1.54) is 16.6 Å². The predicted molar refractivity (Wildman–Crippen MR) is 103 cm³/mol. The number of hydrogen-bond acceptors (Lipinski definition) is 4. The van der Waals surface area contributed by atoms with Crippen LogP contribution in [0.25, 0.3) is 11.0 Å². The summed E-state index contributed by atoms with van der Waals surface area (Å²) in [5.41, 5.74) is 6.06. The lowest BCUT2D eigenvalue weighted by Crippen LogP contribution is -2.25. The van der Waals surface area contributed by atoms with Gasteiger partial charge in [-0.2, -0.15) is 5.26 Å². The molecule has 2 aromatic heterocycles. The number of nitrogens with one attached hydrogen (secondary N) is 1. The molecule has 4 rings (SSSR count). The lowest BCUT2D eigenvalue weighted by atomic mass is 10.1. The number of aromatic nitrogens is 2. The molecule has 1 aliphatic heterocycles. The van der Waals surface area contributed by atoms with Crippen LogP contribution in [0.4, 0.5) is 0 Å². The zero-order valence-electron chi connectivity index (χ0n) is 14.2. The Morgan fingerprint density at radius 1 is 1.35 bits per heavy atom. The van der Waals surface area contributed by atoms with Crippen molar-refractivity contribution in [3.63, 3.8) is 0 Å². The Balaban J connectivity index is 0.00000196. The molecule has 0 fully saturated rings. The van der Waals surface area contributed by atoms with Crippen molar-refractivity contribution in [3.8, 4) is 6.07 Å². The number of nitrogens with zero attached hydrogens (tertiary/aromatic N) is 3. The Hall–Kier alpha value is -2.68. The Morgan fingerprint density at radius 2 is 2.12 bits per heavy atom. The summed E-state index contributed by atoms with van der Waals surface area (Å²) in [5, 5.41) is 24.2. The van der Waals surface area contributed by atoms with Crippen molar-refractivity contribution in [2.24, 2.45) is 0 Å². The number of aliphatic hydroxyl groups excluding tert-OH is 1. The van der Waals surface area contributed by atoms with Crippen molar-refractivity contribution < 1.29 is 5.11 Å². The summed E-state index contributed by atoms with van der Waals surface area (Å²) in [7, 11) is 0. The van der Waals surface area contributed by atoms with Crippen LogP contribution in [0.1, 0.15) is 41.5 Å². The largest absolute Gasteiger partial charge is 0.387 e. The smallest absolute Gasteiger partial charge is 0.140 e. The molecule has 134 valence electrons. The number of fused-ring (bicyclic) bond motifs is 3. The lowest BCUT2D eigenvalue weighted by molar-refractivity contribution is 0.156. The van der Waals surface area contributed by atoms with Crippen molar-refractivity contribution in [2.45, 2.75) is 40.0 Å². The number of pyridine rings is 1. The molecule has 0 bridgehead atoms. The fourth-order valence-corrected chi connectivity index (χ4v) is 3.60. The summed E-state index contributed by atoms with van der Waals surface area (Å²) >= 11 is 0. The molecule has 3 heterocycles. The van der Waals surface area contributed by atoms with E-state index in [1.54, 1.807) is 12.1 Å². The van der Waals surface area contributed by atoms with E-state index >= 15 is 0 Å². The summed E-state index contributed by atoms with van der Waals surface area (Å²) in [6.45, 7) is 4.30. The molecule has 3 aromatic rings. The van der Waals surface area contributed by atoms with Gasteiger partial charge in [-0.05, 0) is 41.8 Å². The van der Waals surface area contributed by atoms with Gasteiger partial charge in [0.15, 0.2) is 0 Å². The van der Waals surface area contributed by atoms with Crippen molar-refractivity contribution >= 4 is 11.0 Å². The summed E-state index contributed by atoms with van der Waals surface area (Å²) < 4.78 is 2.16. The topological polar surface area (TPSA) is 73.9 Å². The maximum Gasteiger partial charge on any atom is 0.140 e. The Kier molecular flexibility index (Phi) is 5.08. The van der Waals surface area contributed by atoms with Crippen LogP contribution >= 0.6 is 0 Å².